The van der Waals surface area contributed by atoms with Gasteiger partial charge in [-0.3, -0.25) is 9.97 Å². The summed E-state index contributed by atoms with van der Waals surface area (Å²) >= 11 is 0. The van der Waals surface area contributed by atoms with E-state index in [1.165, 1.54) is 12.1 Å². The molecule has 1 aliphatic rings. The summed E-state index contributed by atoms with van der Waals surface area (Å²) in [6, 6.07) is 12.0. The molecule has 150 valence electrons. The molecule has 0 amide bonds. The van der Waals surface area contributed by atoms with E-state index in [2.05, 4.69) is 58.2 Å². The molecule has 0 bridgehead atoms. The Labute approximate surface area is 168 Å². The van der Waals surface area contributed by atoms with Gasteiger partial charge in [0.25, 0.3) is 0 Å². The van der Waals surface area contributed by atoms with E-state index in [9.17, 15) is 0 Å². The third kappa shape index (κ3) is 6.95. The molecule has 2 aromatic rings. The van der Waals surface area contributed by atoms with E-state index in [1.54, 1.807) is 6.20 Å². The second-order valence-corrected chi connectivity index (χ2v) is 8.78. The minimum Gasteiger partial charge on any atom is -0.311 e. The lowest BCUT2D eigenvalue weighted by Gasteiger charge is -2.22. The number of hydrogen-bond acceptors (Lipinski definition) is 4. The van der Waals surface area contributed by atoms with Gasteiger partial charge >= 0.3 is 0 Å². The van der Waals surface area contributed by atoms with E-state index < -0.39 is 0 Å². The van der Waals surface area contributed by atoms with E-state index in [0.717, 1.165) is 18.7 Å². The Morgan fingerprint density at radius 1 is 1.21 bits per heavy atom. The Hall–Kier alpha value is -2.43. The van der Waals surface area contributed by atoms with Crippen LogP contribution in [0.3, 0.4) is 0 Å². The average Bonchev–Trinajstić information content (AvgIpc) is 3.03. The highest BCUT2D eigenvalue weighted by molar-refractivity contribution is 5.14. The Balaban J connectivity index is 0.000000202. The summed E-state index contributed by atoms with van der Waals surface area (Å²) in [4.78, 5) is 11.5. The standard InChI is InChI=1S/C11H16N4.C11H16N2/c1-9(8-11(2,3)14-15-12)10-6-4-5-7-13-10;1-11(2)7-9(8-13-11)10-5-3-4-6-12-10/h4-7,9H,8H2,1-3H3;3-6,9,13H,7-8H2,1-2H3. The largest absolute Gasteiger partial charge is 0.311 e. The third-order valence-corrected chi connectivity index (χ3v) is 5.00. The van der Waals surface area contributed by atoms with Crippen molar-refractivity contribution in [2.75, 3.05) is 6.54 Å². The fourth-order valence-electron chi connectivity index (χ4n) is 3.67. The van der Waals surface area contributed by atoms with E-state index in [4.69, 9.17) is 5.53 Å². The van der Waals surface area contributed by atoms with Gasteiger partial charge in [0.15, 0.2) is 0 Å². The molecule has 28 heavy (non-hydrogen) atoms. The first kappa shape index (κ1) is 21.9. The first-order chi connectivity index (χ1) is 13.2. The minimum absolute atomic E-state index is 0.280. The minimum atomic E-state index is -0.355. The second kappa shape index (κ2) is 9.67. The number of nitrogens with one attached hydrogen (secondary N) is 1. The Bertz CT molecular complexity index is 766. The number of rotatable bonds is 5. The summed E-state index contributed by atoms with van der Waals surface area (Å²) in [6.07, 6.45) is 5.64. The summed E-state index contributed by atoms with van der Waals surface area (Å²) in [7, 11) is 0. The zero-order valence-electron chi connectivity index (χ0n) is 17.6. The van der Waals surface area contributed by atoms with Crippen molar-refractivity contribution in [2.45, 2.75) is 70.4 Å². The highest BCUT2D eigenvalue weighted by Crippen LogP contribution is 2.30. The van der Waals surface area contributed by atoms with Gasteiger partial charge in [0.05, 0.1) is 0 Å². The van der Waals surface area contributed by atoms with Crippen LogP contribution in [0.2, 0.25) is 0 Å². The van der Waals surface area contributed by atoms with Crippen LogP contribution in [0.4, 0.5) is 0 Å². The number of hydrogen-bond donors (Lipinski definition) is 1. The van der Waals surface area contributed by atoms with Crippen molar-refractivity contribution in [2.24, 2.45) is 5.11 Å². The fraction of sp³-hybridized carbons (Fsp3) is 0.545. The Morgan fingerprint density at radius 3 is 2.39 bits per heavy atom. The molecule has 0 spiro atoms. The van der Waals surface area contributed by atoms with E-state index in [1.807, 2.05) is 44.3 Å². The van der Waals surface area contributed by atoms with Crippen LogP contribution >= 0.6 is 0 Å². The van der Waals surface area contributed by atoms with Crippen molar-refractivity contribution in [1.82, 2.24) is 15.3 Å². The van der Waals surface area contributed by atoms with Crippen molar-refractivity contribution >= 4 is 0 Å². The Kier molecular flexibility index (Phi) is 7.55. The normalized spacial score (nSPS) is 19.1. The topological polar surface area (TPSA) is 86.6 Å². The lowest BCUT2D eigenvalue weighted by molar-refractivity contribution is 0.432. The van der Waals surface area contributed by atoms with Crippen molar-refractivity contribution in [3.05, 3.63) is 70.6 Å². The van der Waals surface area contributed by atoms with Gasteiger partial charge in [-0.05, 0) is 62.4 Å². The quantitative estimate of drug-likeness (QED) is 0.416. The fourth-order valence-corrected chi connectivity index (χ4v) is 3.67. The van der Waals surface area contributed by atoms with Gasteiger partial charge in [-0.15, -0.1) is 0 Å². The van der Waals surface area contributed by atoms with Crippen LogP contribution in [-0.2, 0) is 0 Å². The molecule has 0 saturated carbocycles. The van der Waals surface area contributed by atoms with Crippen molar-refractivity contribution in [1.29, 1.82) is 0 Å². The summed E-state index contributed by atoms with van der Waals surface area (Å²) in [5.74, 6) is 0.892. The number of pyridine rings is 2. The smallest absolute Gasteiger partial charge is 0.0447 e. The molecule has 2 aromatic heterocycles. The molecule has 1 saturated heterocycles. The van der Waals surface area contributed by atoms with Crippen LogP contribution in [-0.4, -0.2) is 27.6 Å². The predicted molar refractivity (Wildman–Crippen MR) is 114 cm³/mol. The number of nitrogens with zero attached hydrogens (tertiary/aromatic N) is 5. The first-order valence-corrected chi connectivity index (χ1v) is 9.85. The molecule has 0 aromatic carbocycles. The summed E-state index contributed by atoms with van der Waals surface area (Å²) in [5, 5.41) is 7.28. The van der Waals surface area contributed by atoms with Gasteiger partial charge in [-0.25, -0.2) is 0 Å². The highest BCUT2D eigenvalue weighted by Gasteiger charge is 2.31. The summed E-state index contributed by atoms with van der Waals surface area (Å²) in [5.41, 5.74) is 10.6. The van der Waals surface area contributed by atoms with Crippen molar-refractivity contribution in [3.63, 3.8) is 0 Å². The van der Waals surface area contributed by atoms with Crippen LogP contribution in [0.5, 0.6) is 0 Å². The van der Waals surface area contributed by atoms with Crippen LogP contribution in [0.15, 0.2) is 53.9 Å². The van der Waals surface area contributed by atoms with E-state index in [0.29, 0.717) is 11.8 Å². The van der Waals surface area contributed by atoms with Gasteiger partial charge in [-0.2, -0.15) is 0 Å². The molecule has 3 heterocycles. The second-order valence-electron chi connectivity index (χ2n) is 8.78. The van der Waals surface area contributed by atoms with Crippen LogP contribution in [0.25, 0.3) is 10.4 Å². The van der Waals surface area contributed by atoms with Crippen LogP contribution in [0, 0.1) is 0 Å². The number of aromatic nitrogens is 2. The monoisotopic (exact) mass is 380 g/mol. The molecule has 0 radical (unpaired) electrons. The van der Waals surface area contributed by atoms with E-state index >= 15 is 0 Å². The zero-order valence-corrected chi connectivity index (χ0v) is 17.6. The maximum absolute atomic E-state index is 8.43. The van der Waals surface area contributed by atoms with Gasteiger partial charge in [0, 0.05) is 52.2 Å². The van der Waals surface area contributed by atoms with Crippen molar-refractivity contribution in [3.8, 4) is 0 Å². The molecular weight excluding hydrogens is 348 g/mol. The van der Waals surface area contributed by atoms with Gasteiger partial charge < -0.3 is 5.32 Å². The molecule has 2 atom stereocenters. The van der Waals surface area contributed by atoms with Gasteiger partial charge in [0.1, 0.15) is 0 Å². The SMILES string of the molecule is CC(CC(C)(C)N=[N+]=[N-])c1ccccn1.CC1(C)CC(c2ccccn2)CN1. The average molecular weight is 381 g/mol. The third-order valence-electron chi connectivity index (χ3n) is 5.00. The van der Waals surface area contributed by atoms with Crippen molar-refractivity contribution < 1.29 is 0 Å². The highest BCUT2D eigenvalue weighted by atomic mass is 15.2. The molecule has 1 aliphatic heterocycles. The van der Waals surface area contributed by atoms with Gasteiger partial charge in [0.2, 0.25) is 0 Å². The van der Waals surface area contributed by atoms with Gasteiger partial charge in [-0.1, -0.05) is 38.0 Å². The molecule has 1 N–H and O–H groups in total. The number of azide groups is 1. The lowest BCUT2D eigenvalue weighted by atomic mass is 9.90. The summed E-state index contributed by atoms with van der Waals surface area (Å²) in [6.45, 7) is 11.5. The maximum atomic E-state index is 8.43. The predicted octanol–water partition coefficient (Wildman–Crippen LogP) is 5.60. The maximum Gasteiger partial charge on any atom is 0.0447 e. The molecule has 0 aliphatic carbocycles. The summed E-state index contributed by atoms with van der Waals surface area (Å²) < 4.78 is 0. The molecule has 3 rings (SSSR count). The molecule has 6 nitrogen and oxygen atoms in total. The van der Waals surface area contributed by atoms with Crippen LogP contribution < -0.4 is 5.32 Å². The Morgan fingerprint density at radius 2 is 1.89 bits per heavy atom. The first-order valence-electron chi connectivity index (χ1n) is 9.85. The van der Waals surface area contributed by atoms with Crippen LogP contribution in [0.1, 0.15) is 70.7 Å². The molecule has 6 heteroatoms. The molecule has 1 fully saturated rings. The molecular formula is C22H32N6. The lowest BCUT2D eigenvalue weighted by Crippen LogP contribution is -2.31. The molecule has 2 unspecified atom stereocenters. The van der Waals surface area contributed by atoms with E-state index in [-0.39, 0.29) is 11.1 Å². The zero-order chi connectivity index (χ0) is 20.6.